The molecule has 0 bridgehead atoms. The standard InChI is InChI=1S/C13H11BrN2O/c14-13-3-1-2-12(8-13)10-16(17)9-11-4-6-15-7-5-11/h1-9H,10H2. The molecule has 2 aromatic rings. The second kappa shape index (κ2) is 5.59. The van der Waals surface area contributed by atoms with Gasteiger partial charge in [-0.2, -0.15) is 0 Å². The molecular weight excluding hydrogens is 280 g/mol. The summed E-state index contributed by atoms with van der Waals surface area (Å²) in [4.78, 5) is 3.90. The summed E-state index contributed by atoms with van der Waals surface area (Å²) in [5, 5.41) is 11.7. The molecule has 0 fully saturated rings. The zero-order valence-corrected chi connectivity index (χ0v) is 10.7. The number of hydroxylamine groups is 1. The van der Waals surface area contributed by atoms with Crippen molar-refractivity contribution in [1.29, 1.82) is 0 Å². The third kappa shape index (κ3) is 3.67. The van der Waals surface area contributed by atoms with Gasteiger partial charge in [-0.25, -0.2) is 4.74 Å². The number of hydrogen-bond acceptors (Lipinski definition) is 2. The maximum atomic E-state index is 11.7. The average molecular weight is 291 g/mol. The van der Waals surface area contributed by atoms with E-state index in [1.165, 1.54) is 0 Å². The van der Waals surface area contributed by atoms with Crippen molar-refractivity contribution in [3.63, 3.8) is 0 Å². The van der Waals surface area contributed by atoms with Crippen molar-refractivity contribution in [3.8, 4) is 0 Å². The van der Waals surface area contributed by atoms with Crippen LogP contribution in [-0.2, 0) is 6.54 Å². The quantitative estimate of drug-likeness (QED) is 0.377. The van der Waals surface area contributed by atoms with Gasteiger partial charge in [0.15, 0.2) is 12.8 Å². The van der Waals surface area contributed by atoms with Gasteiger partial charge < -0.3 is 5.21 Å². The van der Waals surface area contributed by atoms with Crippen molar-refractivity contribution in [2.45, 2.75) is 6.54 Å². The molecule has 1 aromatic heterocycles. The van der Waals surface area contributed by atoms with E-state index in [2.05, 4.69) is 20.9 Å². The molecule has 0 spiro atoms. The molecule has 1 aromatic carbocycles. The number of hydrogen-bond donors (Lipinski definition) is 0. The Balaban J connectivity index is 2.12. The number of rotatable bonds is 3. The molecule has 0 aliphatic carbocycles. The second-order valence-corrected chi connectivity index (χ2v) is 4.53. The van der Waals surface area contributed by atoms with Gasteiger partial charge in [-0.3, -0.25) is 4.98 Å². The normalized spacial score (nSPS) is 11.5. The fraction of sp³-hybridized carbons (Fsp3) is 0.0769. The summed E-state index contributed by atoms with van der Waals surface area (Å²) in [6.45, 7) is 0.335. The molecule has 0 aliphatic rings. The van der Waals surface area contributed by atoms with E-state index in [0.717, 1.165) is 20.3 Å². The molecule has 0 saturated heterocycles. The molecule has 0 amide bonds. The maximum Gasteiger partial charge on any atom is 0.182 e. The maximum absolute atomic E-state index is 11.7. The van der Waals surface area contributed by atoms with Gasteiger partial charge in [0.1, 0.15) is 0 Å². The van der Waals surface area contributed by atoms with Gasteiger partial charge in [0.25, 0.3) is 0 Å². The van der Waals surface area contributed by atoms with Gasteiger partial charge in [-0.05, 0) is 24.3 Å². The van der Waals surface area contributed by atoms with Crippen LogP contribution >= 0.6 is 15.9 Å². The first kappa shape index (κ1) is 11.8. The first-order valence-corrected chi connectivity index (χ1v) is 5.96. The highest BCUT2D eigenvalue weighted by atomic mass is 79.9. The highest BCUT2D eigenvalue weighted by molar-refractivity contribution is 9.10. The summed E-state index contributed by atoms with van der Waals surface area (Å²) >= 11 is 3.38. The number of nitrogens with zero attached hydrogens (tertiary/aromatic N) is 2. The number of halogens is 1. The minimum Gasteiger partial charge on any atom is -0.624 e. The van der Waals surface area contributed by atoms with E-state index < -0.39 is 0 Å². The lowest BCUT2D eigenvalue weighted by Gasteiger charge is -2.04. The van der Waals surface area contributed by atoms with E-state index in [0.29, 0.717) is 6.54 Å². The Morgan fingerprint density at radius 3 is 2.71 bits per heavy atom. The van der Waals surface area contributed by atoms with Crippen molar-refractivity contribution in [2.24, 2.45) is 0 Å². The molecule has 2 rings (SSSR count). The van der Waals surface area contributed by atoms with E-state index in [1.807, 2.05) is 24.3 Å². The van der Waals surface area contributed by atoms with Gasteiger partial charge in [-0.1, -0.05) is 28.1 Å². The van der Waals surface area contributed by atoms with Crippen LogP contribution in [0.2, 0.25) is 0 Å². The van der Waals surface area contributed by atoms with Crippen LogP contribution in [-0.4, -0.2) is 15.9 Å². The number of benzene rings is 1. The molecular formula is C13H11BrN2O. The largest absolute Gasteiger partial charge is 0.624 e. The smallest absolute Gasteiger partial charge is 0.182 e. The van der Waals surface area contributed by atoms with Gasteiger partial charge >= 0.3 is 0 Å². The molecule has 0 N–H and O–H groups in total. The van der Waals surface area contributed by atoms with E-state index >= 15 is 0 Å². The molecule has 0 radical (unpaired) electrons. The first-order chi connectivity index (χ1) is 8.24. The van der Waals surface area contributed by atoms with Crippen molar-refractivity contribution in [3.05, 3.63) is 69.6 Å². The van der Waals surface area contributed by atoms with Crippen LogP contribution in [0.4, 0.5) is 0 Å². The predicted octanol–water partition coefficient (Wildman–Crippen LogP) is 2.97. The highest BCUT2D eigenvalue weighted by Gasteiger charge is 1.99. The van der Waals surface area contributed by atoms with E-state index in [9.17, 15) is 5.21 Å². The Morgan fingerprint density at radius 2 is 2.00 bits per heavy atom. The van der Waals surface area contributed by atoms with Crippen LogP contribution < -0.4 is 0 Å². The number of aromatic nitrogens is 1. The molecule has 17 heavy (non-hydrogen) atoms. The van der Waals surface area contributed by atoms with Crippen LogP contribution in [0.5, 0.6) is 0 Å². The van der Waals surface area contributed by atoms with Gasteiger partial charge in [-0.15, -0.1) is 0 Å². The average Bonchev–Trinajstić information content (AvgIpc) is 2.30. The zero-order chi connectivity index (χ0) is 12.1. The third-order valence-corrected chi connectivity index (χ3v) is 2.72. The molecule has 0 atom stereocenters. The Morgan fingerprint density at radius 1 is 1.24 bits per heavy atom. The summed E-state index contributed by atoms with van der Waals surface area (Å²) in [6, 6.07) is 11.3. The number of pyridine rings is 1. The van der Waals surface area contributed by atoms with Crippen molar-refractivity contribution >= 4 is 22.1 Å². The molecule has 86 valence electrons. The van der Waals surface area contributed by atoms with Crippen LogP contribution in [0.15, 0.2) is 53.3 Å². The summed E-state index contributed by atoms with van der Waals surface area (Å²) in [6.07, 6.45) is 4.89. The van der Waals surface area contributed by atoms with Crippen molar-refractivity contribution in [1.82, 2.24) is 4.98 Å². The topological polar surface area (TPSA) is 39.0 Å². The van der Waals surface area contributed by atoms with Crippen LogP contribution in [0.25, 0.3) is 0 Å². The van der Waals surface area contributed by atoms with Gasteiger partial charge in [0.2, 0.25) is 0 Å². The molecule has 4 heteroatoms. The molecule has 0 aliphatic heterocycles. The van der Waals surface area contributed by atoms with Gasteiger partial charge in [0, 0.05) is 28.0 Å². The van der Waals surface area contributed by atoms with Crippen LogP contribution in [0, 0.1) is 5.21 Å². The fourth-order valence-electron chi connectivity index (χ4n) is 1.48. The van der Waals surface area contributed by atoms with E-state index in [-0.39, 0.29) is 0 Å². The Labute approximate surface area is 108 Å². The van der Waals surface area contributed by atoms with E-state index in [1.54, 1.807) is 30.7 Å². The summed E-state index contributed by atoms with van der Waals surface area (Å²) in [5.74, 6) is 0. The second-order valence-electron chi connectivity index (χ2n) is 3.61. The fourth-order valence-corrected chi connectivity index (χ4v) is 1.92. The lowest BCUT2D eigenvalue weighted by molar-refractivity contribution is -0.469. The van der Waals surface area contributed by atoms with Crippen LogP contribution in [0.1, 0.15) is 11.1 Å². The predicted molar refractivity (Wildman–Crippen MR) is 70.9 cm³/mol. The highest BCUT2D eigenvalue weighted by Crippen LogP contribution is 2.12. The summed E-state index contributed by atoms with van der Waals surface area (Å²) in [7, 11) is 0. The van der Waals surface area contributed by atoms with Crippen molar-refractivity contribution < 1.29 is 4.74 Å². The molecule has 3 nitrogen and oxygen atoms in total. The van der Waals surface area contributed by atoms with Crippen molar-refractivity contribution in [2.75, 3.05) is 0 Å². The molecule has 0 unspecified atom stereocenters. The Kier molecular flexibility index (Phi) is 3.88. The third-order valence-electron chi connectivity index (χ3n) is 2.23. The van der Waals surface area contributed by atoms with Crippen LogP contribution in [0.3, 0.4) is 0 Å². The minimum atomic E-state index is 0.335. The summed E-state index contributed by atoms with van der Waals surface area (Å²) in [5.41, 5.74) is 1.82. The summed E-state index contributed by atoms with van der Waals surface area (Å²) < 4.78 is 1.89. The lowest BCUT2D eigenvalue weighted by atomic mass is 10.2. The Hall–Kier alpha value is -1.68. The SMILES string of the molecule is [O-][N+](=Cc1ccncc1)Cc1cccc(Br)c1. The molecule has 0 saturated carbocycles. The Bertz CT molecular complexity index is 526. The lowest BCUT2D eigenvalue weighted by Crippen LogP contribution is -2.05. The van der Waals surface area contributed by atoms with E-state index in [4.69, 9.17) is 0 Å². The molecule has 1 heterocycles. The minimum absolute atomic E-state index is 0.335. The zero-order valence-electron chi connectivity index (χ0n) is 9.08. The monoisotopic (exact) mass is 290 g/mol. The van der Waals surface area contributed by atoms with Gasteiger partial charge in [0.05, 0.1) is 0 Å². The first-order valence-electron chi connectivity index (χ1n) is 5.17.